The zero-order chi connectivity index (χ0) is 19.2. The molecule has 1 aromatic heterocycles. The van der Waals surface area contributed by atoms with Gasteiger partial charge in [-0.3, -0.25) is 4.79 Å². The molecule has 26 heavy (non-hydrogen) atoms. The number of halogens is 3. The number of amides is 1. The van der Waals surface area contributed by atoms with Crippen LogP contribution in [0.25, 0.3) is 0 Å². The van der Waals surface area contributed by atoms with Gasteiger partial charge in [-0.05, 0) is 17.7 Å². The third-order valence-electron chi connectivity index (χ3n) is 3.59. The highest BCUT2D eigenvalue weighted by atomic mass is 19.4. The Morgan fingerprint density at radius 2 is 2.15 bits per heavy atom. The molecule has 2 aromatic rings. The van der Waals surface area contributed by atoms with E-state index in [0.717, 1.165) is 5.56 Å². The summed E-state index contributed by atoms with van der Waals surface area (Å²) in [5.41, 5.74) is 0.739. The number of benzene rings is 1. The molecule has 0 radical (unpaired) electrons. The van der Waals surface area contributed by atoms with Crippen LogP contribution in [0, 0.1) is 0 Å². The van der Waals surface area contributed by atoms with Crippen molar-refractivity contribution < 1.29 is 27.4 Å². The topological polar surface area (TPSA) is 65.4 Å². The van der Waals surface area contributed by atoms with Gasteiger partial charge in [-0.1, -0.05) is 12.1 Å². The summed E-state index contributed by atoms with van der Waals surface area (Å²) in [5.74, 6) is 0.760. The molecule has 1 atom stereocenters. The molecular formula is C17H20F3N3O3. The van der Waals surface area contributed by atoms with Gasteiger partial charge in [0, 0.05) is 25.9 Å². The Hall–Kier alpha value is -2.55. The molecule has 0 aliphatic heterocycles. The zero-order valence-electron chi connectivity index (χ0n) is 14.4. The molecule has 0 saturated heterocycles. The Bertz CT molecular complexity index is 731. The van der Waals surface area contributed by atoms with Crippen LogP contribution in [0.5, 0.6) is 5.75 Å². The van der Waals surface area contributed by atoms with Gasteiger partial charge >= 0.3 is 6.18 Å². The molecule has 0 spiro atoms. The van der Waals surface area contributed by atoms with Gasteiger partial charge in [0.05, 0.1) is 13.7 Å². The standard InChI is InChI=1S/C17H20F3N3O3/c1-23-8-7-21-16(23)15(12-4-3-5-13(10-12)25-2)22-14(24)6-9-26-11-17(18,19)20/h3-5,7-8,10,15H,6,9,11H2,1-2H3,(H,22,24). The highest BCUT2D eigenvalue weighted by Gasteiger charge is 2.27. The molecule has 1 N–H and O–H groups in total. The van der Waals surface area contributed by atoms with Crippen molar-refractivity contribution in [1.82, 2.24) is 14.9 Å². The van der Waals surface area contributed by atoms with E-state index in [1.807, 2.05) is 6.07 Å². The molecule has 0 aliphatic rings. The number of nitrogens with one attached hydrogen (secondary N) is 1. The molecule has 2 rings (SSSR count). The SMILES string of the molecule is COc1cccc(C(NC(=O)CCOCC(F)(F)F)c2nccn2C)c1. The van der Waals surface area contributed by atoms with Gasteiger partial charge in [0.25, 0.3) is 0 Å². The average Bonchev–Trinajstić information content (AvgIpc) is 3.01. The zero-order valence-corrected chi connectivity index (χ0v) is 14.4. The van der Waals surface area contributed by atoms with Crippen molar-refractivity contribution >= 4 is 5.91 Å². The minimum atomic E-state index is -4.41. The normalized spacial score (nSPS) is 12.7. The molecule has 142 valence electrons. The first-order chi connectivity index (χ1) is 12.3. The fourth-order valence-corrected chi connectivity index (χ4v) is 2.36. The Morgan fingerprint density at radius 3 is 2.77 bits per heavy atom. The van der Waals surface area contributed by atoms with Crippen molar-refractivity contribution in [2.75, 3.05) is 20.3 Å². The molecule has 1 amide bonds. The van der Waals surface area contributed by atoms with Gasteiger partial charge in [-0.15, -0.1) is 0 Å². The molecule has 0 bridgehead atoms. The van der Waals surface area contributed by atoms with Crippen molar-refractivity contribution in [3.05, 3.63) is 48.0 Å². The number of alkyl halides is 3. The summed E-state index contributed by atoms with van der Waals surface area (Å²) < 4.78 is 47.6. The number of aromatic nitrogens is 2. The number of aryl methyl sites for hydroxylation is 1. The molecule has 9 heteroatoms. The van der Waals surface area contributed by atoms with Crippen LogP contribution in [-0.4, -0.2) is 42.0 Å². The summed E-state index contributed by atoms with van der Waals surface area (Å²) in [6.07, 6.45) is -1.27. The van der Waals surface area contributed by atoms with Crippen molar-refractivity contribution in [3.8, 4) is 5.75 Å². The number of hydrogen-bond acceptors (Lipinski definition) is 4. The van der Waals surface area contributed by atoms with Crippen LogP contribution in [0.1, 0.15) is 23.9 Å². The number of carbonyl (C=O) groups is 1. The van der Waals surface area contributed by atoms with Crippen LogP contribution in [0.3, 0.4) is 0 Å². The van der Waals surface area contributed by atoms with Gasteiger partial charge < -0.3 is 19.4 Å². The molecule has 1 aromatic carbocycles. The Balaban J connectivity index is 2.08. The third-order valence-corrected chi connectivity index (χ3v) is 3.59. The van der Waals surface area contributed by atoms with Crippen molar-refractivity contribution in [2.45, 2.75) is 18.6 Å². The second-order valence-corrected chi connectivity index (χ2v) is 5.59. The number of carbonyl (C=O) groups excluding carboxylic acids is 1. The summed E-state index contributed by atoms with van der Waals surface area (Å²) >= 11 is 0. The van der Waals surface area contributed by atoms with E-state index in [-0.39, 0.29) is 13.0 Å². The number of rotatable bonds is 8. The summed E-state index contributed by atoms with van der Waals surface area (Å²) in [5, 5.41) is 2.79. The van der Waals surface area contributed by atoms with E-state index in [1.165, 1.54) is 7.11 Å². The Labute approximate surface area is 148 Å². The van der Waals surface area contributed by atoms with Crippen LogP contribution in [0.4, 0.5) is 13.2 Å². The van der Waals surface area contributed by atoms with E-state index < -0.39 is 24.7 Å². The lowest BCUT2D eigenvalue weighted by Gasteiger charge is -2.20. The minimum absolute atomic E-state index is 0.193. The Morgan fingerprint density at radius 1 is 1.38 bits per heavy atom. The fourth-order valence-electron chi connectivity index (χ4n) is 2.36. The lowest BCUT2D eigenvalue weighted by molar-refractivity contribution is -0.174. The van der Waals surface area contributed by atoms with Gasteiger partial charge in [0.1, 0.15) is 24.2 Å². The highest BCUT2D eigenvalue weighted by Crippen LogP contribution is 2.24. The van der Waals surface area contributed by atoms with E-state index >= 15 is 0 Å². The molecule has 1 unspecified atom stereocenters. The maximum atomic E-state index is 12.2. The van der Waals surface area contributed by atoms with Crippen LogP contribution in [-0.2, 0) is 16.6 Å². The lowest BCUT2D eigenvalue weighted by atomic mass is 10.1. The van der Waals surface area contributed by atoms with E-state index in [0.29, 0.717) is 11.6 Å². The molecule has 0 fully saturated rings. The summed E-state index contributed by atoms with van der Waals surface area (Å²) in [7, 11) is 3.32. The summed E-state index contributed by atoms with van der Waals surface area (Å²) in [4.78, 5) is 16.4. The number of ether oxygens (including phenoxy) is 2. The minimum Gasteiger partial charge on any atom is -0.497 e. The maximum absolute atomic E-state index is 12.2. The van der Waals surface area contributed by atoms with Crippen LogP contribution >= 0.6 is 0 Å². The van der Waals surface area contributed by atoms with E-state index in [1.54, 1.807) is 42.2 Å². The first-order valence-corrected chi connectivity index (χ1v) is 7.85. The van der Waals surface area contributed by atoms with Gasteiger partial charge in [-0.25, -0.2) is 4.98 Å². The number of nitrogens with zero attached hydrogens (tertiary/aromatic N) is 2. The second-order valence-electron chi connectivity index (χ2n) is 5.59. The van der Waals surface area contributed by atoms with Gasteiger partial charge in [0.2, 0.25) is 5.91 Å². The maximum Gasteiger partial charge on any atom is 0.411 e. The quantitative estimate of drug-likeness (QED) is 0.725. The second kappa shape index (κ2) is 8.70. The fraction of sp³-hybridized carbons (Fsp3) is 0.412. The lowest BCUT2D eigenvalue weighted by Crippen LogP contribution is -2.32. The monoisotopic (exact) mass is 371 g/mol. The molecule has 0 saturated carbocycles. The van der Waals surface area contributed by atoms with Gasteiger partial charge in [-0.2, -0.15) is 13.2 Å². The van der Waals surface area contributed by atoms with Crippen molar-refractivity contribution in [1.29, 1.82) is 0 Å². The van der Waals surface area contributed by atoms with Crippen LogP contribution in [0.15, 0.2) is 36.7 Å². The average molecular weight is 371 g/mol. The van der Waals surface area contributed by atoms with Crippen LogP contribution < -0.4 is 10.1 Å². The first kappa shape index (κ1) is 19.8. The molecule has 0 aliphatic carbocycles. The molecular weight excluding hydrogens is 351 g/mol. The van der Waals surface area contributed by atoms with Gasteiger partial charge in [0.15, 0.2) is 0 Å². The number of methoxy groups -OCH3 is 1. The predicted octanol–water partition coefficient (Wildman–Crippen LogP) is 2.60. The third kappa shape index (κ3) is 5.76. The molecule has 1 heterocycles. The summed E-state index contributed by atoms with van der Waals surface area (Å²) in [6, 6.07) is 6.55. The van der Waals surface area contributed by atoms with Crippen molar-refractivity contribution in [2.24, 2.45) is 7.05 Å². The summed E-state index contributed by atoms with van der Waals surface area (Å²) in [6.45, 7) is -1.70. The van der Waals surface area contributed by atoms with Crippen molar-refractivity contribution in [3.63, 3.8) is 0 Å². The highest BCUT2D eigenvalue weighted by molar-refractivity contribution is 5.77. The largest absolute Gasteiger partial charge is 0.497 e. The number of hydrogen-bond donors (Lipinski definition) is 1. The van der Waals surface area contributed by atoms with E-state index in [2.05, 4.69) is 15.0 Å². The van der Waals surface area contributed by atoms with E-state index in [9.17, 15) is 18.0 Å². The molecule has 6 nitrogen and oxygen atoms in total. The van der Waals surface area contributed by atoms with Crippen LogP contribution in [0.2, 0.25) is 0 Å². The number of imidazole rings is 1. The first-order valence-electron chi connectivity index (χ1n) is 7.85. The Kier molecular flexibility index (Phi) is 6.62. The predicted molar refractivity (Wildman–Crippen MR) is 87.7 cm³/mol. The van der Waals surface area contributed by atoms with E-state index in [4.69, 9.17) is 4.74 Å². The smallest absolute Gasteiger partial charge is 0.411 e.